The Morgan fingerprint density at radius 2 is 2.22 bits per heavy atom. The highest BCUT2D eigenvalue weighted by atomic mass is 16.6. The Morgan fingerprint density at radius 3 is 2.91 bits per heavy atom. The summed E-state index contributed by atoms with van der Waals surface area (Å²) in [5, 5.41) is 10.4. The van der Waals surface area contributed by atoms with Crippen LogP contribution in [-0.4, -0.2) is 58.7 Å². The molecule has 1 aromatic rings. The highest BCUT2D eigenvalue weighted by Crippen LogP contribution is 2.33. The number of aromatic nitrogens is 2. The van der Waals surface area contributed by atoms with Gasteiger partial charge in [0, 0.05) is 26.0 Å². The molecule has 2 aliphatic rings. The molecule has 128 valence electrons. The Bertz CT molecular complexity index is 559. The van der Waals surface area contributed by atoms with Crippen molar-refractivity contribution >= 4 is 6.03 Å². The maximum atomic E-state index is 12.5. The van der Waals surface area contributed by atoms with Gasteiger partial charge in [-0.15, -0.1) is 0 Å². The summed E-state index contributed by atoms with van der Waals surface area (Å²) in [4.78, 5) is 14.3. The zero-order valence-corrected chi connectivity index (χ0v) is 13.9. The monoisotopic (exact) mass is 324 g/mol. The quantitative estimate of drug-likeness (QED) is 0.880. The molecule has 3 unspecified atom stereocenters. The van der Waals surface area contributed by atoms with E-state index in [9.17, 15) is 4.79 Å². The minimum Gasteiger partial charge on any atom is -0.378 e. The molecule has 1 N–H and O–H groups in total. The minimum atomic E-state index is -0.294. The highest BCUT2D eigenvalue weighted by molar-refractivity contribution is 5.74. The number of rotatable bonds is 2. The summed E-state index contributed by atoms with van der Waals surface area (Å²) in [5.41, 5.74) is 1.04. The third-order valence-corrected chi connectivity index (χ3v) is 4.47. The van der Waals surface area contributed by atoms with Crippen LogP contribution in [0.1, 0.15) is 38.1 Å². The Hall–Kier alpha value is -1.67. The molecule has 1 spiro atoms. The van der Waals surface area contributed by atoms with Gasteiger partial charge in [0.05, 0.1) is 30.9 Å². The van der Waals surface area contributed by atoms with Gasteiger partial charge < -0.3 is 19.7 Å². The van der Waals surface area contributed by atoms with E-state index in [0.717, 1.165) is 12.8 Å². The Kier molecular flexibility index (Phi) is 4.54. The van der Waals surface area contributed by atoms with Crippen LogP contribution >= 0.6 is 0 Å². The van der Waals surface area contributed by atoms with Gasteiger partial charge in [-0.05, 0) is 20.8 Å². The average Bonchev–Trinajstić information content (AvgIpc) is 2.89. The molecular weight excluding hydrogens is 300 g/mol. The Labute approximate surface area is 135 Å². The summed E-state index contributed by atoms with van der Waals surface area (Å²) in [5.74, 6) is 0. The average molecular weight is 324 g/mol. The summed E-state index contributed by atoms with van der Waals surface area (Å²) in [6.45, 7) is 8.01. The van der Waals surface area contributed by atoms with Crippen molar-refractivity contribution in [2.45, 2.75) is 58.0 Å². The van der Waals surface area contributed by atoms with Crippen LogP contribution in [0.5, 0.6) is 0 Å². The van der Waals surface area contributed by atoms with E-state index in [4.69, 9.17) is 9.47 Å². The second-order valence-electron chi connectivity index (χ2n) is 6.58. The van der Waals surface area contributed by atoms with Crippen molar-refractivity contribution in [3.05, 3.63) is 11.4 Å². The number of urea groups is 1. The Morgan fingerprint density at radius 1 is 1.39 bits per heavy atom. The lowest BCUT2D eigenvalue weighted by Gasteiger charge is -2.48. The van der Waals surface area contributed by atoms with Gasteiger partial charge in [-0.3, -0.25) is 0 Å². The number of carbonyl (C=O) groups excluding carboxylic acids is 1. The summed E-state index contributed by atoms with van der Waals surface area (Å²) in [6, 6.07) is -0.110. The number of amides is 2. The highest BCUT2D eigenvalue weighted by Gasteiger charge is 2.44. The van der Waals surface area contributed by atoms with Crippen LogP contribution in [0, 0.1) is 6.92 Å². The van der Waals surface area contributed by atoms with E-state index in [2.05, 4.69) is 20.3 Å². The van der Waals surface area contributed by atoms with Crippen molar-refractivity contribution in [1.29, 1.82) is 0 Å². The summed E-state index contributed by atoms with van der Waals surface area (Å²) >= 11 is 0. The number of nitrogens with one attached hydrogen (secondary N) is 1. The van der Waals surface area contributed by atoms with Gasteiger partial charge in [0.2, 0.25) is 0 Å². The van der Waals surface area contributed by atoms with Gasteiger partial charge >= 0.3 is 6.03 Å². The minimum absolute atomic E-state index is 0.00949. The molecular formula is C15H24N4O4. The van der Waals surface area contributed by atoms with E-state index >= 15 is 0 Å². The smallest absolute Gasteiger partial charge is 0.317 e. The molecule has 8 heteroatoms. The maximum absolute atomic E-state index is 12.5. The van der Waals surface area contributed by atoms with Gasteiger partial charge in [-0.2, -0.15) is 0 Å². The van der Waals surface area contributed by atoms with Crippen LogP contribution in [0.25, 0.3) is 0 Å². The zero-order chi connectivity index (χ0) is 16.4. The van der Waals surface area contributed by atoms with Crippen LogP contribution in [0.3, 0.4) is 0 Å². The molecule has 0 bridgehead atoms. The van der Waals surface area contributed by atoms with Crippen LogP contribution < -0.4 is 5.32 Å². The summed E-state index contributed by atoms with van der Waals surface area (Å²) < 4.78 is 16.5. The number of carbonyl (C=O) groups is 1. The largest absolute Gasteiger partial charge is 0.378 e. The lowest BCUT2D eigenvalue weighted by atomic mass is 9.88. The second kappa shape index (κ2) is 6.45. The van der Waals surface area contributed by atoms with E-state index in [-0.39, 0.29) is 23.8 Å². The fourth-order valence-electron chi connectivity index (χ4n) is 3.44. The normalized spacial score (nSPS) is 31.3. The van der Waals surface area contributed by atoms with Gasteiger partial charge in [0.1, 0.15) is 11.4 Å². The fourth-order valence-corrected chi connectivity index (χ4v) is 3.44. The van der Waals surface area contributed by atoms with E-state index < -0.39 is 0 Å². The van der Waals surface area contributed by atoms with Gasteiger partial charge in [-0.1, -0.05) is 10.3 Å². The molecule has 2 amide bonds. The predicted octanol–water partition coefficient (Wildman–Crippen LogP) is 1.25. The fraction of sp³-hybridized carbons (Fsp3) is 0.800. The molecule has 3 heterocycles. The van der Waals surface area contributed by atoms with E-state index in [1.807, 2.05) is 18.7 Å². The first-order valence-electron chi connectivity index (χ1n) is 8.08. The van der Waals surface area contributed by atoms with Crippen molar-refractivity contribution in [2.75, 3.05) is 19.7 Å². The molecule has 23 heavy (non-hydrogen) atoms. The molecule has 2 fully saturated rings. The topological polar surface area (TPSA) is 89.7 Å². The predicted molar refractivity (Wildman–Crippen MR) is 80.8 cm³/mol. The summed E-state index contributed by atoms with van der Waals surface area (Å²) in [6.07, 6.45) is 1.80. The number of hydrogen-bond donors (Lipinski definition) is 1. The standard InChI is InChI=1S/C15H24N4O4/c1-10-6-15(4-5-21-10)9-19(8-11(2)22-15)14(20)16-7-13-12(3)17-23-18-13/h10-11H,4-9H2,1-3H3,(H,16,20). The van der Waals surface area contributed by atoms with Crippen molar-refractivity contribution in [3.63, 3.8) is 0 Å². The van der Waals surface area contributed by atoms with Crippen LogP contribution in [-0.2, 0) is 16.0 Å². The second-order valence-corrected chi connectivity index (χ2v) is 6.58. The first kappa shape index (κ1) is 16.2. The molecule has 2 aliphatic heterocycles. The number of hydrogen-bond acceptors (Lipinski definition) is 6. The van der Waals surface area contributed by atoms with Crippen molar-refractivity contribution in [2.24, 2.45) is 0 Å². The van der Waals surface area contributed by atoms with Gasteiger partial charge in [0.15, 0.2) is 0 Å². The van der Waals surface area contributed by atoms with Crippen molar-refractivity contribution in [1.82, 2.24) is 20.5 Å². The maximum Gasteiger partial charge on any atom is 0.317 e. The number of aryl methyl sites for hydroxylation is 1. The third-order valence-electron chi connectivity index (χ3n) is 4.47. The Balaban J connectivity index is 1.62. The van der Waals surface area contributed by atoms with Crippen LogP contribution in [0.15, 0.2) is 4.63 Å². The third kappa shape index (κ3) is 3.64. The number of ether oxygens (including phenoxy) is 2. The molecule has 3 atom stereocenters. The first-order chi connectivity index (χ1) is 11.0. The van der Waals surface area contributed by atoms with E-state index in [0.29, 0.717) is 37.6 Å². The first-order valence-corrected chi connectivity index (χ1v) is 8.08. The molecule has 0 saturated carbocycles. The molecule has 8 nitrogen and oxygen atoms in total. The number of nitrogens with zero attached hydrogens (tertiary/aromatic N) is 3. The van der Waals surface area contributed by atoms with E-state index in [1.165, 1.54) is 0 Å². The zero-order valence-electron chi connectivity index (χ0n) is 13.9. The number of morpholine rings is 1. The van der Waals surface area contributed by atoms with Crippen molar-refractivity contribution in [3.8, 4) is 0 Å². The lowest BCUT2D eigenvalue weighted by Crippen LogP contribution is -2.60. The van der Waals surface area contributed by atoms with Crippen LogP contribution in [0.4, 0.5) is 4.79 Å². The molecule has 0 radical (unpaired) electrons. The summed E-state index contributed by atoms with van der Waals surface area (Å²) in [7, 11) is 0. The lowest BCUT2D eigenvalue weighted by molar-refractivity contribution is -0.189. The van der Waals surface area contributed by atoms with Gasteiger partial charge in [0.25, 0.3) is 0 Å². The molecule has 3 rings (SSSR count). The SMILES string of the molecule is Cc1nonc1CNC(=O)N1CC(C)OC2(CCOC(C)C2)C1. The molecule has 2 saturated heterocycles. The van der Waals surface area contributed by atoms with Crippen LogP contribution in [0.2, 0.25) is 0 Å². The molecule has 1 aromatic heterocycles. The van der Waals surface area contributed by atoms with Crippen molar-refractivity contribution < 1.29 is 18.9 Å². The van der Waals surface area contributed by atoms with E-state index in [1.54, 1.807) is 6.92 Å². The molecule has 0 aliphatic carbocycles. The van der Waals surface area contributed by atoms with Gasteiger partial charge in [-0.25, -0.2) is 9.42 Å². The molecule has 0 aromatic carbocycles.